The van der Waals surface area contributed by atoms with E-state index in [-0.39, 0.29) is 12.5 Å². The van der Waals surface area contributed by atoms with Gasteiger partial charge in [0.2, 0.25) is 0 Å². The molecule has 0 atom stereocenters. The molecule has 0 N–H and O–H groups in total. The lowest BCUT2D eigenvalue weighted by Crippen LogP contribution is -2.14. The summed E-state index contributed by atoms with van der Waals surface area (Å²) in [6, 6.07) is 6.04. The van der Waals surface area contributed by atoms with Gasteiger partial charge in [-0.1, -0.05) is 13.0 Å². The number of aryl methyl sites for hydroxylation is 1. The van der Waals surface area contributed by atoms with E-state index in [9.17, 15) is 4.79 Å². The highest BCUT2D eigenvalue weighted by molar-refractivity contribution is 7.13. The maximum Gasteiger partial charge on any atom is 0.327 e. The summed E-state index contributed by atoms with van der Waals surface area (Å²) >= 11 is 1.64. The second-order valence-electron chi connectivity index (χ2n) is 3.59. The third kappa shape index (κ3) is 2.55. The second-order valence-corrected chi connectivity index (χ2v) is 4.53. The van der Waals surface area contributed by atoms with Crippen LogP contribution in [0.25, 0.3) is 10.6 Å². The van der Waals surface area contributed by atoms with Crippen molar-refractivity contribution in [3.63, 3.8) is 0 Å². The zero-order valence-electron chi connectivity index (χ0n) is 9.84. The van der Waals surface area contributed by atoms with E-state index in [1.165, 1.54) is 7.11 Å². The van der Waals surface area contributed by atoms with E-state index in [1.54, 1.807) is 16.0 Å². The van der Waals surface area contributed by atoms with E-state index in [0.29, 0.717) is 0 Å². The van der Waals surface area contributed by atoms with Gasteiger partial charge in [0.05, 0.1) is 12.0 Å². The average molecular weight is 250 g/mol. The maximum atomic E-state index is 11.3. The summed E-state index contributed by atoms with van der Waals surface area (Å²) in [5.41, 5.74) is 1.96. The molecule has 2 aromatic rings. The first-order valence-corrected chi connectivity index (χ1v) is 6.30. The monoisotopic (exact) mass is 250 g/mol. The van der Waals surface area contributed by atoms with Crippen LogP contribution < -0.4 is 0 Å². The highest BCUT2D eigenvalue weighted by atomic mass is 32.1. The summed E-state index contributed by atoms with van der Waals surface area (Å²) < 4.78 is 6.37. The van der Waals surface area contributed by atoms with E-state index in [0.717, 1.165) is 22.7 Å². The molecule has 0 unspecified atom stereocenters. The van der Waals surface area contributed by atoms with Gasteiger partial charge in [-0.2, -0.15) is 5.10 Å². The molecule has 2 aromatic heterocycles. The topological polar surface area (TPSA) is 44.1 Å². The van der Waals surface area contributed by atoms with Crippen LogP contribution in [-0.4, -0.2) is 22.9 Å². The van der Waals surface area contributed by atoms with E-state index in [4.69, 9.17) is 0 Å². The van der Waals surface area contributed by atoms with Crippen molar-refractivity contribution in [3.8, 4) is 10.6 Å². The molecular formula is C12H14N2O2S. The van der Waals surface area contributed by atoms with Crippen molar-refractivity contribution in [2.45, 2.75) is 19.9 Å². The zero-order valence-corrected chi connectivity index (χ0v) is 10.7. The van der Waals surface area contributed by atoms with Gasteiger partial charge in [-0.15, -0.1) is 11.3 Å². The Labute approximate surface area is 104 Å². The maximum absolute atomic E-state index is 11.3. The fraction of sp³-hybridized carbons (Fsp3) is 0.333. The quantitative estimate of drug-likeness (QED) is 0.782. The number of carbonyl (C=O) groups is 1. The van der Waals surface area contributed by atoms with Gasteiger partial charge in [0, 0.05) is 5.69 Å². The first-order chi connectivity index (χ1) is 8.24. The van der Waals surface area contributed by atoms with Crippen LogP contribution >= 0.6 is 11.3 Å². The minimum absolute atomic E-state index is 0.172. The largest absolute Gasteiger partial charge is 0.468 e. The third-order valence-electron chi connectivity index (χ3n) is 2.51. The van der Waals surface area contributed by atoms with Gasteiger partial charge in [0.15, 0.2) is 0 Å². The molecule has 0 radical (unpaired) electrons. The molecule has 0 spiro atoms. The van der Waals surface area contributed by atoms with Crippen LogP contribution in [0.5, 0.6) is 0 Å². The lowest BCUT2D eigenvalue weighted by Gasteiger charge is -2.03. The molecule has 0 amide bonds. The molecule has 17 heavy (non-hydrogen) atoms. The number of hydrogen-bond donors (Lipinski definition) is 0. The predicted molar refractivity (Wildman–Crippen MR) is 66.9 cm³/mol. The molecule has 4 nitrogen and oxygen atoms in total. The Kier molecular flexibility index (Phi) is 3.58. The Bertz CT molecular complexity index is 503. The number of nitrogens with zero attached hydrogens (tertiary/aromatic N) is 2. The molecule has 90 valence electrons. The Morgan fingerprint density at radius 2 is 2.41 bits per heavy atom. The summed E-state index contributed by atoms with van der Waals surface area (Å²) in [6.45, 7) is 2.22. The Morgan fingerprint density at radius 3 is 3.00 bits per heavy atom. The number of thiophene rings is 1. The highest BCUT2D eigenvalue weighted by Crippen LogP contribution is 2.24. The Balaban J connectivity index is 2.30. The smallest absolute Gasteiger partial charge is 0.327 e. The van der Waals surface area contributed by atoms with Gasteiger partial charge in [-0.25, -0.2) is 0 Å². The first kappa shape index (κ1) is 11.9. The summed E-state index contributed by atoms with van der Waals surface area (Å²) in [6.07, 6.45) is 0.843. The molecule has 5 heteroatoms. The normalized spacial score (nSPS) is 10.5. The molecule has 0 aliphatic rings. The van der Waals surface area contributed by atoms with Crippen molar-refractivity contribution in [1.82, 2.24) is 9.78 Å². The molecule has 0 aliphatic heterocycles. The number of ether oxygens (including phenoxy) is 1. The number of methoxy groups -OCH3 is 1. The first-order valence-electron chi connectivity index (χ1n) is 5.42. The lowest BCUT2D eigenvalue weighted by atomic mass is 10.3. The molecule has 0 aliphatic carbocycles. The Hall–Kier alpha value is -1.62. The molecule has 2 rings (SSSR count). The molecular weight excluding hydrogens is 236 g/mol. The van der Waals surface area contributed by atoms with E-state index < -0.39 is 0 Å². The van der Waals surface area contributed by atoms with Crippen LogP contribution in [0.1, 0.15) is 12.6 Å². The third-order valence-corrected chi connectivity index (χ3v) is 3.40. The summed E-state index contributed by atoms with van der Waals surface area (Å²) in [4.78, 5) is 12.4. The number of hydrogen-bond acceptors (Lipinski definition) is 4. The fourth-order valence-electron chi connectivity index (χ4n) is 1.61. The standard InChI is InChI=1S/C12H14N2O2S/c1-3-9-7-10(11-5-4-6-17-11)13-14(9)8-12(15)16-2/h4-7H,3,8H2,1-2H3. The fourth-order valence-corrected chi connectivity index (χ4v) is 2.29. The van der Waals surface area contributed by atoms with Crippen molar-refractivity contribution in [2.24, 2.45) is 0 Å². The second kappa shape index (κ2) is 5.14. The minimum Gasteiger partial charge on any atom is -0.468 e. The van der Waals surface area contributed by atoms with Gasteiger partial charge >= 0.3 is 5.97 Å². The van der Waals surface area contributed by atoms with Crippen molar-refractivity contribution < 1.29 is 9.53 Å². The van der Waals surface area contributed by atoms with Crippen molar-refractivity contribution in [1.29, 1.82) is 0 Å². The molecule has 2 heterocycles. The van der Waals surface area contributed by atoms with Crippen molar-refractivity contribution in [3.05, 3.63) is 29.3 Å². The van der Waals surface area contributed by atoms with Gasteiger partial charge in [0.1, 0.15) is 12.2 Å². The Morgan fingerprint density at radius 1 is 1.59 bits per heavy atom. The molecule has 0 bridgehead atoms. The number of rotatable bonds is 4. The van der Waals surface area contributed by atoms with Crippen molar-refractivity contribution in [2.75, 3.05) is 7.11 Å². The molecule has 0 saturated carbocycles. The van der Waals surface area contributed by atoms with Crippen LogP contribution in [0.3, 0.4) is 0 Å². The van der Waals surface area contributed by atoms with Crippen LogP contribution in [0.4, 0.5) is 0 Å². The molecule has 0 aromatic carbocycles. The predicted octanol–water partition coefficient (Wildman–Crippen LogP) is 2.35. The SMILES string of the molecule is CCc1cc(-c2cccs2)nn1CC(=O)OC. The summed E-state index contributed by atoms with van der Waals surface area (Å²) in [5, 5.41) is 6.45. The van der Waals surface area contributed by atoms with Gasteiger partial charge in [0.25, 0.3) is 0 Å². The molecule has 0 saturated heterocycles. The lowest BCUT2D eigenvalue weighted by molar-refractivity contribution is -0.141. The van der Waals surface area contributed by atoms with E-state index in [2.05, 4.69) is 9.84 Å². The average Bonchev–Trinajstić information content (AvgIpc) is 2.96. The van der Waals surface area contributed by atoms with Crippen LogP contribution in [0.2, 0.25) is 0 Å². The zero-order chi connectivity index (χ0) is 12.3. The van der Waals surface area contributed by atoms with Crippen LogP contribution in [0, 0.1) is 0 Å². The minimum atomic E-state index is -0.277. The van der Waals surface area contributed by atoms with Gasteiger partial charge in [-0.05, 0) is 23.9 Å². The number of carbonyl (C=O) groups excluding carboxylic acids is 1. The summed E-state index contributed by atoms with van der Waals surface area (Å²) in [5.74, 6) is -0.277. The number of esters is 1. The summed E-state index contributed by atoms with van der Waals surface area (Å²) in [7, 11) is 1.39. The van der Waals surface area contributed by atoms with Crippen molar-refractivity contribution >= 4 is 17.3 Å². The van der Waals surface area contributed by atoms with Gasteiger partial charge in [-0.3, -0.25) is 9.48 Å². The highest BCUT2D eigenvalue weighted by Gasteiger charge is 2.11. The number of aromatic nitrogens is 2. The van der Waals surface area contributed by atoms with Crippen LogP contribution in [-0.2, 0) is 22.5 Å². The van der Waals surface area contributed by atoms with E-state index in [1.807, 2.05) is 30.5 Å². The van der Waals surface area contributed by atoms with Gasteiger partial charge < -0.3 is 4.74 Å². The van der Waals surface area contributed by atoms with E-state index >= 15 is 0 Å². The van der Waals surface area contributed by atoms with Crippen LogP contribution in [0.15, 0.2) is 23.6 Å². The molecule has 0 fully saturated rings.